The molecular formula is C30H39F3N6O3. The molecule has 9 nitrogen and oxygen atoms in total. The number of alkyl halides is 3. The van der Waals surface area contributed by atoms with Crippen molar-refractivity contribution in [1.29, 1.82) is 0 Å². The zero-order chi connectivity index (χ0) is 29.9. The van der Waals surface area contributed by atoms with Crippen molar-refractivity contribution in [3.8, 4) is 17.0 Å². The van der Waals surface area contributed by atoms with E-state index in [1.807, 2.05) is 50.2 Å². The van der Waals surface area contributed by atoms with Gasteiger partial charge in [0.15, 0.2) is 5.69 Å². The first-order chi connectivity index (χ1) is 20.2. The summed E-state index contributed by atoms with van der Waals surface area (Å²) in [6.45, 7) is 6.87. The van der Waals surface area contributed by atoms with E-state index < -0.39 is 18.2 Å². The summed E-state index contributed by atoms with van der Waals surface area (Å²) in [7, 11) is 0. The molecular weight excluding hydrogens is 549 g/mol. The Bertz CT molecular complexity index is 1270. The molecule has 3 aliphatic heterocycles. The van der Waals surface area contributed by atoms with Gasteiger partial charge in [0.2, 0.25) is 0 Å². The predicted octanol–water partition coefficient (Wildman–Crippen LogP) is 4.29. The lowest BCUT2D eigenvalue weighted by atomic mass is 10.0. The molecule has 12 heteroatoms. The van der Waals surface area contributed by atoms with Crippen LogP contribution in [-0.2, 0) is 0 Å². The second-order valence-corrected chi connectivity index (χ2v) is 11.0. The summed E-state index contributed by atoms with van der Waals surface area (Å²) in [5, 5.41) is 6.37. The normalized spacial score (nSPS) is 22.9. The van der Waals surface area contributed by atoms with E-state index in [9.17, 15) is 22.8 Å². The Hall–Kier alpha value is -3.54. The molecule has 1 aromatic heterocycles. The quantitative estimate of drug-likeness (QED) is 0.502. The van der Waals surface area contributed by atoms with Crippen LogP contribution in [0.2, 0.25) is 0 Å². The number of piperazine rings is 1. The molecule has 3 fully saturated rings. The smallest absolute Gasteiger partial charge is 0.408 e. The minimum atomic E-state index is -4.44. The van der Waals surface area contributed by atoms with Crippen LogP contribution in [-0.4, -0.2) is 96.9 Å². The standard InChI is InChI=1S/C30H39F3N6O3/c1-3-21-19-37(29(41)39-15-7-10-26(39)30(31,32)33)16-17-38(21)24-12-11-23(22-8-5-6-9-25(22)42-4-2)36-27(24)28(40)35-20-13-14-34-18-20/h5-6,8-9,11-12,20-21,26,34H,3-4,7,10,13-19H2,1-2H3,(H,35,40)/t20-,21+,26-/m0/s1. The van der Waals surface area contributed by atoms with Crippen LogP contribution in [0.1, 0.15) is 50.0 Å². The highest BCUT2D eigenvalue weighted by Crippen LogP contribution is 2.35. The first-order valence-electron chi connectivity index (χ1n) is 14.8. The highest BCUT2D eigenvalue weighted by atomic mass is 19.4. The number of likely N-dealkylation sites (tertiary alicyclic amines) is 1. The van der Waals surface area contributed by atoms with Gasteiger partial charge < -0.3 is 30.1 Å². The highest BCUT2D eigenvalue weighted by Gasteiger charge is 2.49. The molecule has 3 amide bonds. The lowest BCUT2D eigenvalue weighted by Crippen LogP contribution is -2.59. The highest BCUT2D eigenvalue weighted by molar-refractivity contribution is 5.99. The molecule has 4 heterocycles. The number of hydrogen-bond acceptors (Lipinski definition) is 6. The summed E-state index contributed by atoms with van der Waals surface area (Å²) >= 11 is 0. The maximum Gasteiger partial charge on any atom is 0.408 e. The van der Waals surface area contributed by atoms with Gasteiger partial charge in [0.05, 0.1) is 18.0 Å². The average Bonchev–Trinajstić information content (AvgIpc) is 3.69. The number of rotatable bonds is 7. The maximum absolute atomic E-state index is 13.7. The molecule has 0 radical (unpaired) electrons. The fraction of sp³-hybridized carbons (Fsp3) is 0.567. The maximum atomic E-state index is 13.7. The van der Waals surface area contributed by atoms with E-state index in [2.05, 4.69) is 15.5 Å². The van der Waals surface area contributed by atoms with Gasteiger partial charge in [-0.05, 0) is 63.4 Å². The van der Waals surface area contributed by atoms with E-state index in [0.29, 0.717) is 49.7 Å². The number of nitrogens with one attached hydrogen (secondary N) is 2. The Morgan fingerprint density at radius 2 is 1.90 bits per heavy atom. The number of anilines is 1. The second-order valence-electron chi connectivity index (χ2n) is 11.0. The van der Waals surface area contributed by atoms with Crippen molar-refractivity contribution in [2.24, 2.45) is 0 Å². The molecule has 1 aromatic carbocycles. The molecule has 3 saturated heterocycles. The van der Waals surface area contributed by atoms with Crippen LogP contribution in [0, 0.1) is 0 Å². The number of carbonyl (C=O) groups is 2. The molecule has 3 atom stereocenters. The molecule has 2 N–H and O–H groups in total. The Morgan fingerprint density at radius 3 is 2.62 bits per heavy atom. The number of para-hydroxylation sites is 1. The van der Waals surface area contributed by atoms with E-state index in [4.69, 9.17) is 9.72 Å². The van der Waals surface area contributed by atoms with Crippen molar-refractivity contribution in [3.05, 3.63) is 42.1 Å². The van der Waals surface area contributed by atoms with Crippen molar-refractivity contribution in [1.82, 2.24) is 25.4 Å². The molecule has 228 valence electrons. The Kier molecular flexibility index (Phi) is 9.10. The number of amides is 3. The van der Waals surface area contributed by atoms with Gasteiger partial charge in [-0.25, -0.2) is 9.78 Å². The summed E-state index contributed by atoms with van der Waals surface area (Å²) in [6.07, 6.45) is -2.71. The first-order valence-corrected chi connectivity index (χ1v) is 14.8. The number of benzene rings is 1. The van der Waals surface area contributed by atoms with Gasteiger partial charge in [0.1, 0.15) is 11.8 Å². The Labute approximate surface area is 244 Å². The molecule has 0 spiro atoms. The van der Waals surface area contributed by atoms with E-state index in [1.165, 1.54) is 4.90 Å². The van der Waals surface area contributed by atoms with Gasteiger partial charge in [-0.15, -0.1) is 0 Å². The largest absolute Gasteiger partial charge is 0.493 e. The molecule has 0 bridgehead atoms. The van der Waals surface area contributed by atoms with Gasteiger partial charge >= 0.3 is 12.2 Å². The fourth-order valence-corrected chi connectivity index (χ4v) is 6.21. The van der Waals surface area contributed by atoms with Gasteiger partial charge in [-0.1, -0.05) is 19.1 Å². The lowest BCUT2D eigenvalue weighted by molar-refractivity contribution is -0.170. The fourth-order valence-electron chi connectivity index (χ4n) is 6.21. The van der Waals surface area contributed by atoms with Crippen LogP contribution in [0.15, 0.2) is 36.4 Å². The average molecular weight is 589 g/mol. The van der Waals surface area contributed by atoms with Gasteiger partial charge in [-0.2, -0.15) is 13.2 Å². The summed E-state index contributed by atoms with van der Waals surface area (Å²) in [4.78, 5) is 36.4. The summed E-state index contributed by atoms with van der Waals surface area (Å²) < 4.78 is 46.5. The molecule has 0 aliphatic carbocycles. The van der Waals surface area contributed by atoms with E-state index in [1.54, 1.807) is 0 Å². The van der Waals surface area contributed by atoms with Crippen molar-refractivity contribution >= 4 is 17.6 Å². The molecule has 2 aromatic rings. The Balaban J connectivity index is 1.43. The zero-order valence-electron chi connectivity index (χ0n) is 24.1. The van der Waals surface area contributed by atoms with Crippen molar-refractivity contribution in [2.45, 2.75) is 63.8 Å². The number of ether oxygens (including phenoxy) is 1. The summed E-state index contributed by atoms with van der Waals surface area (Å²) in [5.74, 6) is 0.386. The molecule has 42 heavy (non-hydrogen) atoms. The van der Waals surface area contributed by atoms with E-state index in [0.717, 1.165) is 23.4 Å². The van der Waals surface area contributed by atoms with Crippen LogP contribution in [0.5, 0.6) is 5.75 Å². The molecule has 0 unspecified atom stereocenters. The third-order valence-corrected chi connectivity index (χ3v) is 8.36. The zero-order valence-corrected chi connectivity index (χ0v) is 24.1. The monoisotopic (exact) mass is 588 g/mol. The summed E-state index contributed by atoms with van der Waals surface area (Å²) in [6, 6.07) is 8.78. The number of carbonyl (C=O) groups excluding carboxylic acids is 2. The first kappa shape index (κ1) is 29.9. The lowest BCUT2D eigenvalue weighted by Gasteiger charge is -2.44. The van der Waals surface area contributed by atoms with Gasteiger partial charge in [-0.3, -0.25) is 4.79 Å². The van der Waals surface area contributed by atoms with E-state index in [-0.39, 0.29) is 49.7 Å². The molecule has 5 rings (SSSR count). The van der Waals surface area contributed by atoms with Crippen LogP contribution < -0.4 is 20.3 Å². The van der Waals surface area contributed by atoms with Gasteiger partial charge in [0.25, 0.3) is 5.91 Å². The summed E-state index contributed by atoms with van der Waals surface area (Å²) in [5.41, 5.74) is 2.30. The Morgan fingerprint density at radius 1 is 1.10 bits per heavy atom. The third-order valence-electron chi connectivity index (χ3n) is 8.36. The number of hydrogen-bond donors (Lipinski definition) is 2. The minimum absolute atomic E-state index is 0.00926. The predicted molar refractivity (Wildman–Crippen MR) is 154 cm³/mol. The van der Waals surface area contributed by atoms with Crippen molar-refractivity contribution in [3.63, 3.8) is 0 Å². The van der Waals surface area contributed by atoms with Gasteiger partial charge in [0, 0.05) is 50.4 Å². The second kappa shape index (κ2) is 12.8. The van der Waals surface area contributed by atoms with Crippen molar-refractivity contribution < 1.29 is 27.5 Å². The van der Waals surface area contributed by atoms with Crippen LogP contribution in [0.4, 0.5) is 23.7 Å². The van der Waals surface area contributed by atoms with Crippen molar-refractivity contribution in [2.75, 3.05) is 50.8 Å². The topological polar surface area (TPSA) is 90.0 Å². The van der Waals surface area contributed by atoms with Crippen LogP contribution in [0.25, 0.3) is 11.3 Å². The van der Waals surface area contributed by atoms with E-state index >= 15 is 0 Å². The molecule has 0 saturated carbocycles. The number of pyridine rings is 1. The number of urea groups is 1. The number of halogens is 3. The third kappa shape index (κ3) is 6.28. The van der Waals surface area contributed by atoms with Crippen LogP contribution in [0.3, 0.4) is 0 Å². The minimum Gasteiger partial charge on any atom is -0.493 e. The van der Waals surface area contributed by atoms with Crippen LogP contribution >= 0.6 is 0 Å². The SMILES string of the molecule is CCOc1ccccc1-c1ccc(N2CCN(C(=O)N3CCC[C@H]3C(F)(F)F)C[C@H]2CC)c(C(=O)N[C@H]2CCNC2)n1. The molecule has 3 aliphatic rings. The number of aromatic nitrogens is 1. The number of nitrogens with zero attached hydrogens (tertiary/aromatic N) is 4.